The monoisotopic (exact) mass is 337 g/mol. The van der Waals surface area contributed by atoms with Gasteiger partial charge in [0.2, 0.25) is 0 Å². The van der Waals surface area contributed by atoms with E-state index in [4.69, 9.17) is 5.11 Å². The minimum Gasteiger partial charge on any atom is -0.481 e. The predicted octanol–water partition coefficient (Wildman–Crippen LogP) is 4.35. The molecule has 5 heteroatoms. The minimum absolute atomic E-state index is 0.00214. The van der Waals surface area contributed by atoms with Crippen molar-refractivity contribution in [1.29, 1.82) is 0 Å². The minimum atomic E-state index is -0.887. The van der Waals surface area contributed by atoms with Crippen molar-refractivity contribution in [3.63, 3.8) is 0 Å². The van der Waals surface area contributed by atoms with Gasteiger partial charge in [-0.1, -0.05) is 28.1 Å². The molecule has 0 atom stereocenters. The fourth-order valence-corrected chi connectivity index (χ4v) is 2.19. The van der Waals surface area contributed by atoms with Crippen LogP contribution >= 0.6 is 15.9 Å². The maximum Gasteiger partial charge on any atom is 0.303 e. The summed E-state index contributed by atoms with van der Waals surface area (Å²) in [5.41, 5.74) is 1.81. The van der Waals surface area contributed by atoms with Gasteiger partial charge in [-0.15, -0.1) is 0 Å². The van der Waals surface area contributed by atoms with Gasteiger partial charge in [-0.25, -0.2) is 4.39 Å². The molecular weight excluding hydrogens is 325 g/mol. The summed E-state index contributed by atoms with van der Waals surface area (Å²) in [6.07, 6.45) is 0.321. The average Bonchev–Trinajstić information content (AvgIpc) is 2.39. The molecule has 0 saturated heterocycles. The highest BCUT2D eigenvalue weighted by atomic mass is 79.9. The van der Waals surface area contributed by atoms with Gasteiger partial charge < -0.3 is 10.4 Å². The maximum atomic E-state index is 13.9. The van der Waals surface area contributed by atoms with Crippen LogP contribution < -0.4 is 5.32 Å². The van der Waals surface area contributed by atoms with E-state index in [0.717, 1.165) is 10.2 Å². The number of hydrogen-bond donors (Lipinski definition) is 2. The molecule has 0 saturated carbocycles. The van der Waals surface area contributed by atoms with Gasteiger partial charge in [0.05, 0.1) is 5.69 Å². The molecule has 0 bridgehead atoms. The molecule has 0 amide bonds. The summed E-state index contributed by atoms with van der Waals surface area (Å²) in [6, 6.07) is 12.1. The van der Waals surface area contributed by atoms with Gasteiger partial charge in [-0.2, -0.15) is 0 Å². The highest BCUT2D eigenvalue weighted by Crippen LogP contribution is 2.23. The lowest BCUT2D eigenvalue weighted by atomic mass is 10.1. The Balaban J connectivity index is 2.11. The molecule has 0 aromatic heterocycles. The van der Waals surface area contributed by atoms with Crippen LogP contribution in [0.5, 0.6) is 0 Å². The number of halogens is 2. The molecule has 20 heavy (non-hydrogen) atoms. The lowest BCUT2D eigenvalue weighted by Crippen LogP contribution is -1.99. The van der Waals surface area contributed by atoms with Crippen molar-refractivity contribution < 1.29 is 14.3 Å². The van der Waals surface area contributed by atoms with Crippen LogP contribution in [0.15, 0.2) is 46.9 Å². The predicted molar refractivity (Wildman–Crippen MR) is 79.8 cm³/mol. The Bertz CT molecular complexity index is 631. The zero-order valence-electron chi connectivity index (χ0n) is 10.6. The third-order valence-electron chi connectivity index (χ3n) is 2.76. The quantitative estimate of drug-likeness (QED) is 0.852. The summed E-state index contributed by atoms with van der Waals surface area (Å²) in [7, 11) is 0. The van der Waals surface area contributed by atoms with Crippen LogP contribution in [0.2, 0.25) is 0 Å². The Hall–Kier alpha value is -1.88. The molecule has 0 aliphatic rings. The molecule has 0 aliphatic carbocycles. The summed E-state index contributed by atoms with van der Waals surface area (Å²) < 4.78 is 14.8. The Labute approximate surface area is 124 Å². The van der Waals surface area contributed by atoms with Crippen LogP contribution in [0, 0.1) is 5.82 Å². The van der Waals surface area contributed by atoms with Crippen molar-refractivity contribution in [1.82, 2.24) is 0 Å². The topological polar surface area (TPSA) is 49.3 Å². The third-order valence-corrected chi connectivity index (χ3v) is 3.26. The molecular formula is C15H13BrFNO2. The first-order valence-electron chi connectivity index (χ1n) is 6.07. The Morgan fingerprint density at radius 3 is 2.70 bits per heavy atom. The van der Waals surface area contributed by atoms with E-state index in [9.17, 15) is 9.18 Å². The number of carboxylic acid groups (broad SMARTS) is 1. The summed E-state index contributed by atoms with van der Waals surface area (Å²) in [5.74, 6) is -1.28. The molecule has 0 aliphatic heterocycles. The highest BCUT2D eigenvalue weighted by molar-refractivity contribution is 9.10. The van der Waals surface area contributed by atoms with Crippen molar-refractivity contribution in [3.8, 4) is 0 Å². The zero-order chi connectivity index (χ0) is 14.5. The van der Waals surface area contributed by atoms with E-state index in [1.54, 1.807) is 12.1 Å². The average molecular weight is 338 g/mol. The molecule has 0 fully saturated rings. The van der Waals surface area contributed by atoms with E-state index in [0.29, 0.717) is 17.7 Å². The molecule has 2 N–H and O–H groups in total. The first kappa shape index (κ1) is 14.5. The number of hydrogen-bond acceptors (Lipinski definition) is 2. The second-order valence-electron chi connectivity index (χ2n) is 4.34. The van der Waals surface area contributed by atoms with Crippen molar-refractivity contribution in [2.24, 2.45) is 0 Å². The maximum absolute atomic E-state index is 13.9. The summed E-state index contributed by atoms with van der Waals surface area (Å²) in [6.45, 7) is 0. The zero-order valence-corrected chi connectivity index (χ0v) is 12.2. The SMILES string of the molecule is O=C(O)CCc1ccc(Nc2cccc(Br)c2)c(F)c1. The summed E-state index contributed by atoms with van der Waals surface area (Å²) in [4.78, 5) is 10.5. The number of nitrogens with one attached hydrogen (secondary N) is 1. The van der Waals surface area contributed by atoms with Crippen LogP contribution in [0.3, 0.4) is 0 Å². The van der Waals surface area contributed by atoms with Gasteiger partial charge in [0.25, 0.3) is 0 Å². The van der Waals surface area contributed by atoms with E-state index in [1.165, 1.54) is 6.07 Å². The molecule has 2 rings (SSSR count). The normalized spacial score (nSPS) is 10.3. The van der Waals surface area contributed by atoms with Crippen LogP contribution in [0.25, 0.3) is 0 Å². The van der Waals surface area contributed by atoms with Crippen molar-refractivity contribution in [2.45, 2.75) is 12.8 Å². The fraction of sp³-hybridized carbons (Fsp3) is 0.133. The highest BCUT2D eigenvalue weighted by Gasteiger charge is 2.06. The summed E-state index contributed by atoms with van der Waals surface area (Å²) >= 11 is 3.35. The van der Waals surface area contributed by atoms with Crippen LogP contribution in [-0.4, -0.2) is 11.1 Å². The van der Waals surface area contributed by atoms with Gasteiger partial charge >= 0.3 is 5.97 Å². The van der Waals surface area contributed by atoms with Gasteiger partial charge in [-0.3, -0.25) is 4.79 Å². The van der Waals surface area contributed by atoms with Gasteiger partial charge in [-0.05, 0) is 42.3 Å². The first-order chi connectivity index (χ1) is 9.54. The van der Waals surface area contributed by atoms with Crippen LogP contribution in [0.1, 0.15) is 12.0 Å². The summed E-state index contributed by atoms with van der Waals surface area (Å²) in [5, 5.41) is 11.6. The second kappa shape index (κ2) is 6.52. The fourth-order valence-electron chi connectivity index (χ4n) is 1.79. The van der Waals surface area contributed by atoms with Gasteiger partial charge in [0.15, 0.2) is 0 Å². The van der Waals surface area contributed by atoms with Crippen LogP contribution in [-0.2, 0) is 11.2 Å². The van der Waals surface area contributed by atoms with Crippen molar-refractivity contribution in [3.05, 3.63) is 58.3 Å². The largest absolute Gasteiger partial charge is 0.481 e. The Morgan fingerprint density at radius 2 is 2.05 bits per heavy atom. The first-order valence-corrected chi connectivity index (χ1v) is 6.87. The third kappa shape index (κ3) is 4.06. The standard InChI is InChI=1S/C15H13BrFNO2/c16-11-2-1-3-12(9-11)18-14-6-4-10(8-13(14)17)5-7-15(19)20/h1-4,6,8-9,18H,5,7H2,(H,19,20). The van der Waals surface area contributed by atoms with E-state index in [-0.39, 0.29) is 6.42 Å². The molecule has 3 nitrogen and oxygen atoms in total. The number of aliphatic carboxylic acids is 1. The van der Waals surface area contributed by atoms with Gasteiger partial charge in [0, 0.05) is 16.6 Å². The number of carboxylic acids is 1. The molecule has 2 aromatic rings. The van der Waals surface area contributed by atoms with E-state index < -0.39 is 11.8 Å². The molecule has 2 aromatic carbocycles. The Kier molecular flexibility index (Phi) is 4.74. The second-order valence-corrected chi connectivity index (χ2v) is 5.26. The van der Waals surface area contributed by atoms with E-state index in [2.05, 4.69) is 21.2 Å². The lowest BCUT2D eigenvalue weighted by Gasteiger charge is -2.09. The molecule has 0 unspecified atom stereocenters. The van der Waals surface area contributed by atoms with Crippen molar-refractivity contribution >= 4 is 33.3 Å². The number of anilines is 2. The smallest absolute Gasteiger partial charge is 0.303 e. The molecule has 104 valence electrons. The van der Waals surface area contributed by atoms with Crippen molar-refractivity contribution in [2.75, 3.05) is 5.32 Å². The van der Waals surface area contributed by atoms with E-state index >= 15 is 0 Å². The van der Waals surface area contributed by atoms with E-state index in [1.807, 2.05) is 24.3 Å². The molecule has 0 radical (unpaired) electrons. The Morgan fingerprint density at radius 1 is 1.25 bits per heavy atom. The molecule has 0 heterocycles. The number of rotatable bonds is 5. The number of carbonyl (C=O) groups is 1. The van der Waals surface area contributed by atoms with Gasteiger partial charge in [0.1, 0.15) is 5.82 Å². The lowest BCUT2D eigenvalue weighted by molar-refractivity contribution is -0.136. The molecule has 0 spiro atoms. The number of aryl methyl sites for hydroxylation is 1. The number of benzene rings is 2. The van der Waals surface area contributed by atoms with Crippen LogP contribution in [0.4, 0.5) is 15.8 Å².